The molecule has 1 atom stereocenters. The zero-order valence-corrected chi connectivity index (χ0v) is 13.1. The molecule has 4 heteroatoms. The fourth-order valence-corrected chi connectivity index (χ4v) is 1.96. The topological polar surface area (TPSA) is 51.5 Å². The molecule has 0 aromatic carbocycles. The summed E-state index contributed by atoms with van der Waals surface area (Å²) in [5, 5.41) is 2.86. The molecule has 1 aromatic rings. The first kappa shape index (κ1) is 16.6. The lowest BCUT2D eigenvalue weighted by Crippen LogP contribution is -2.37. The summed E-state index contributed by atoms with van der Waals surface area (Å²) in [4.78, 5) is 11.6. The number of ether oxygens (including phenoxy) is 1. The van der Waals surface area contributed by atoms with E-state index in [9.17, 15) is 4.79 Å². The highest BCUT2D eigenvalue weighted by Crippen LogP contribution is 2.10. The molecular formula is C16H27NO3. The monoisotopic (exact) mass is 281 g/mol. The molecule has 114 valence electrons. The van der Waals surface area contributed by atoms with Gasteiger partial charge in [-0.1, -0.05) is 12.8 Å². The van der Waals surface area contributed by atoms with Gasteiger partial charge in [-0.05, 0) is 52.7 Å². The lowest BCUT2D eigenvalue weighted by molar-refractivity contribution is 0.0506. The maximum Gasteiger partial charge on any atom is 0.407 e. The number of carbonyl (C=O) groups excluding carboxylic acids is 1. The predicted molar refractivity (Wildman–Crippen MR) is 79.7 cm³/mol. The third kappa shape index (κ3) is 7.87. The second-order valence-corrected chi connectivity index (χ2v) is 6.23. The molecule has 0 bridgehead atoms. The lowest BCUT2D eigenvalue weighted by atomic mass is 10.1. The number of furan rings is 1. The lowest BCUT2D eigenvalue weighted by Gasteiger charge is -2.21. The minimum absolute atomic E-state index is 0.147. The van der Waals surface area contributed by atoms with Crippen LogP contribution in [0.2, 0.25) is 0 Å². The van der Waals surface area contributed by atoms with Gasteiger partial charge in [-0.15, -0.1) is 0 Å². The Morgan fingerprint density at radius 3 is 2.70 bits per heavy atom. The van der Waals surface area contributed by atoms with Crippen molar-refractivity contribution in [1.29, 1.82) is 0 Å². The van der Waals surface area contributed by atoms with E-state index in [4.69, 9.17) is 9.15 Å². The number of aryl methyl sites for hydroxylation is 1. The number of hydrogen-bond donors (Lipinski definition) is 1. The van der Waals surface area contributed by atoms with Gasteiger partial charge in [-0.2, -0.15) is 0 Å². The summed E-state index contributed by atoms with van der Waals surface area (Å²) in [6.07, 6.45) is 6.69. The molecule has 0 fully saturated rings. The highest BCUT2D eigenvalue weighted by molar-refractivity contribution is 5.67. The average molecular weight is 281 g/mol. The number of carbonyl (C=O) groups is 1. The van der Waals surface area contributed by atoms with Gasteiger partial charge in [0.25, 0.3) is 0 Å². The average Bonchev–Trinajstić information content (AvgIpc) is 2.78. The Kier molecular flexibility index (Phi) is 6.62. The number of rotatable bonds is 7. The van der Waals surface area contributed by atoms with Gasteiger partial charge in [0.2, 0.25) is 0 Å². The van der Waals surface area contributed by atoms with Gasteiger partial charge in [0, 0.05) is 12.5 Å². The number of hydrogen-bond acceptors (Lipinski definition) is 3. The first-order valence-electron chi connectivity index (χ1n) is 7.39. The SMILES string of the molecule is C[C@@H](CCCCCc1ccco1)NC(=O)OC(C)(C)C. The van der Waals surface area contributed by atoms with E-state index in [1.165, 1.54) is 0 Å². The minimum atomic E-state index is -0.438. The largest absolute Gasteiger partial charge is 0.469 e. The molecule has 0 spiro atoms. The Hall–Kier alpha value is -1.45. The van der Waals surface area contributed by atoms with E-state index in [2.05, 4.69) is 5.32 Å². The summed E-state index contributed by atoms with van der Waals surface area (Å²) in [6.45, 7) is 7.61. The van der Waals surface area contributed by atoms with Gasteiger partial charge in [-0.3, -0.25) is 0 Å². The van der Waals surface area contributed by atoms with Crippen molar-refractivity contribution in [2.24, 2.45) is 0 Å². The molecule has 1 heterocycles. The van der Waals surface area contributed by atoms with Gasteiger partial charge in [0.15, 0.2) is 0 Å². The van der Waals surface area contributed by atoms with Crippen LogP contribution in [0.4, 0.5) is 4.79 Å². The molecule has 4 nitrogen and oxygen atoms in total. The van der Waals surface area contributed by atoms with Crippen molar-refractivity contribution in [2.75, 3.05) is 0 Å². The van der Waals surface area contributed by atoms with Crippen LogP contribution in [0.5, 0.6) is 0 Å². The molecule has 1 rings (SSSR count). The van der Waals surface area contributed by atoms with Gasteiger partial charge < -0.3 is 14.5 Å². The van der Waals surface area contributed by atoms with Crippen LogP contribution >= 0.6 is 0 Å². The fraction of sp³-hybridized carbons (Fsp3) is 0.688. The smallest absolute Gasteiger partial charge is 0.407 e. The van der Waals surface area contributed by atoms with Crippen LogP contribution in [0.25, 0.3) is 0 Å². The molecule has 20 heavy (non-hydrogen) atoms. The van der Waals surface area contributed by atoms with E-state index < -0.39 is 5.60 Å². The van der Waals surface area contributed by atoms with Crippen molar-refractivity contribution >= 4 is 6.09 Å². The van der Waals surface area contributed by atoms with Crippen molar-refractivity contribution in [3.05, 3.63) is 24.2 Å². The van der Waals surface area contributed by atoms with Crippen LogP contribution in [0.3, 0.4) is 0 Å². The molecular weight excluding hydrogens is 254 g/mol. The normalized spacial score (nSPS) is 13.0. The maximum absolute atomic E-state index is 11.6. The minimum Gasteiger partial charge on any atom is -0.469 e. The maximum atomic E-state index is 11.6. The summed E-state index contributed by atoms with van der Waals surface area (Å²) >= 11 is 0. The van der Waals surface area contributed by atoms with Crippen LogP contribution in [-0.4, -0.2) is 17.7 Å². The number of unbranched alkanes of at least 4 members (excludes halogenated alkanes) is 2. The Balaban J connectivity index is 2.05. The summed E-state index contributed by atoms with van der Waals surface area (Å²) < 4.78 is 10.5. The molecule has 0 aliphatic carbocycles. The summed E-state index contributed by atoms with van der Waals surface area (Å²) in [5.41, 5.74) is -0.438. The van der Waals surface area contributed by atoms with Crippen molar-refractivity contribution < 1.29 is 13.9 Å². The molecule has 0 aliphatic heterocycles. The van der Waals surface area contributed by atoms with Gasteiger partial charge >= 0.3 is 6.09 Å². The second-order valence-electron chi connectivity index (χ2n) is 6.23. The Morgan fingerprint density at radius 1 is 1.35 bits per heavy atom. The molecule has 1 aromatic heterocycles. The molecule has 0 saturated carbocycles. The quantitative estimate of drug-likeness (QED) is 0.758. The third-order valence-corrected chi connectivity index (χ3v) is 2.90. The standard InChI is InChI=1S/C16H27NO3/c1-13(17-15(18)20-16(2,3)4)9-6-5-7-10-14-11-8-12-19-14/h8,11-13H,5-7,9-10H2,1-4H3,(H,17,18)/t13-/m0/s1. The van der Waals surface area contributed by atoms with Crippen LogP contribution in [0.1, 0.15) is 59.1 Å². The molecule has 1 amide bonds. The zero-order chi connectivity index (χ0) is 15.0. The van der Waals surface area contributed by atoms with Gasteiger partial charge in [-0.25, -0.2) is 4.79 Å². The number of alkyl carbamates (subject to hydrolysis) is 1. The first-order chi connectivity index (χ1) is 9.37. The predicted octanol–water partition coefficient (Wildman–Crippen LogP) is 4.30. The van der Waals surface area contributed by atoms with Crippen LogP contribution in [-0.2, 0) is 11.2 Å². The number of nitrogens with one attached hydrogen (secondary N) is 1. The van der Waals surface area contributed by atoms with Crippen molar-refractivity contribution in [3.63, 3.8) is 0 Å². The molecule has 0 saturated heterocycles. The van der Waals surface area contributed by atoms with E-state index in [1.54, 1.807) is 6.26 Å². The third-order valence-electron chi connectivity index (χ3n) is 2.90. The molecule has 0 aliphatic rings. The van der Waals surface area contributed by atoms with Crippen LogP contribution in [0, 0.1) is 0 Å². The highest BCUT2D eigenvalue weighted by Gasteiger charge is 2.17. The summed E-state index contributed by atoms with van der Waals surface area (Å²) in [5.74, 6) is 1.05. The van der Waals surface area contributed by atoms with E-state index in [0.29, 0.717) is 0 Å². The molecule has 0 unspecified atom stereocenters. The van der Waals surface area contributed by atoms with E-state index in [-0.39, 0.29) is 12.1 Å². The second kappa shape index (κ2) is 7.98. The van der Waals surface area contributed by atoms with Crippen molar-refractivity contribution in [3.8, 4) is 0 Å². The number of amides is 1. The summed E-state index contributed by atoms with van der Waals surface area (Å²) in [7, 11) is 0. The Morgan fingerprint density at radius 2 is 2.10 bits per heavy atom. The zero-order valence-electron chi connectivity index (χ0n) is 13.1. The van der Waals surface area contributed by atoms with Crippen molar-refractivity contribution in [2.45, 2.75) is 71.4 Å². The highest BCUT2D eigenvalue weighted by atomic mass is 16.6. The van der Waals surface area contributed by atoms with E-state index in [0.717, 1.165) is 37.9 Å². The summed E-state index contributed by atoms with van der Waals surface area (Å²) in [6, 6.07) is 4.07. The van der Waals surface area contributed by atoms with Crippen LogP contribution in [0.15, 0.2) is 22.8 Å². The molecule has 0 radical (unpaired) electrons. The van der Waals surface area contributed by atoms with Gasteiger partial charge in [0.1, 0.15) is 11.4 Å². The van der Waals surface area contributed by atoms with E-state index >= 15 is 0 Å². The first-order valence-corrected chi connectivity index (χ1v) is 7.39. The van der Waals surface area contributed by atoms with Crippen molar-refractivity contribution in [1.82, 2.24) is 5.32 Å². The molecule has 1 N–H and O–H groups in total. The Bertz CT molecular complexity index is 379. The van der Waals surface area contributed by atoms with Gasteiger partial charge in [0.05, 0.1) is 6.26 Å². The Labute approximate surface area is 121 Å². The fourth-order valence-electron chi connectivity index (χ4n) is 1.96. The van der Waals surface area contributed by atoms with E-state index in [1.807, 2.05) is 39.8 Å². The van der Waals surface area contributed by atoms with Crippen LogP contribution < -0.4 is 5.32 Å².